The molecule has 1 aliphatic carbocycles. The molecule has 0 spiro atoms. The molecule has 0 heterocycles. The first-order valence-electron chi connectivity index (χ1n) is 6.80. The van der Waals surface area contributed by atoms with E-state index < -0.39 is 15.8 Å². The van der Waals surface area contributed by atoms with E-state index in [1.807, 2.05) is 12.1 Å². The van der Waals surface area contributed by atoms with Crippen molar-refractivity contribution in [3.05, 3.63) is 53.8 Å². The van der Waals surface area contributed by atoms with Crippen LogP contribution in [-0.4, -0.2) is 14.7 Å². The van der Waals surface area contributed by atoms with Crippen molar-refractivity contribution in [3.8, 4) is 11.1 Å². The van der Waals surface area contributed by atoms with Gasteiger partial charge in [0.1, 0.15) is 5.82 Å². The molecule has 110 valence electrons. The topological polar surface area (TPSA) is 46.2 Å². The monoisotopic (exact) mass is 305 g/mol. The smallest absolute Gasteiger partial charge is 0.229 e. The second kappa shape index (κ2) is 5.15. The first kappa shape index (κ1) is 14.1. The lowest BCUT2D eigenvalue weighted by Gasteiger charge is -2.09. The summed E-state index contributed by atoms with van der Waals surface area (Å²) in [5.41, 5.74) is 3.03. The highest BCUT2D eigenvalue weighted by atomic mass is 32.2. The van der Waals surface area contributed by atoms with Gasteiger partial charge in [-0.3, -0.25) is 4.72 Å². The number of anilines is 1. The quantitative estimate of drug-likeness (QED) is 0.935. The molecule has 1 N–H and O–H groups in total. The number of nitrogens with one attached hydrogen (secondary N) is 1. The molecular weight excluding hydrogens is 289 g/mol. The summed E-state index contributed by atoms with van der Waals surface area (Å²) in [5, 5.41) is 0. The summed E-state index contributed by atoms with van der Waals surface area (Å²) in [6, 6.07) is 12.6. The molecule has 1 saturated carbocycles. The summed E-state index contributed by atoms with van der Waals surface area (Å²) in [6.07, 6.45) is 3.50. The van der Waals surface area contributed by atoms with E-state index in [0.717, 1.165) is 17.4 Å². The molecule has 0 radical (unpaired) electrons. The van der Waals surface area contributed by atoms with Crippen molar-refractivity contribution in [3.63, 3.8) is 0 Å². The predicted molar refractivity (Wildman–Crippen MR) is 82.3 cm³/mol. The van der Waals surface area contributed by atoms with Crippen molar-refractivity contribution in [1.82, 2.24) is 0 Å². The summed E-state index contributed by atoms with van der Waals surface area (Å²) in [6.45, 7) is 0. The summed E-state index contributed by atoms with van der Waals surface area (Å²) in [7, 11) is -3.50. The average molecular weight is 305 g/mol. The molecule has 2 aromatic rings. The molecule has 0 bridgehead atoms. The Bertz CT molecular complexity index is 765. The summed E-state index contributed by atoms with van der Waals surface area (Å²) < 4.78 is 38.4. The minimum Gasteiger partial charge on any atom is -0.281 e. The Morgan fingerprint density at radius 1 is 1.05 bits per heavy atom. The molecule has 3 rings (SSSR count). The van der Waals surface area contributed by atoms with Gasteiger partial charge in [-0.25, -0.2) is 12.8 Å². The molecule has 1 fully saturated rings. The first-order chi connectivity index (χ1) is 9.92. The summed E-state index contributed by atoms with van der Waals surface area (Å²) >= 11 is 0. The van der Waals surface area contributed by atoms with Crippen molar-refractivity contribution < 1.29 is 12.8 Å². The molecule has 0 saturated heterocycles. The third-order valence-electron chi connectivity index (χ3n) is 3.55. The molecule has 0 aromatic heterocycles. The van der Waals surface area contributed by atoms with Gasteiger partial charge in [0.15, 0.2) is 0 Å². The van der Waals surface area contributed by atoms with Gasteiger partial charge in [0, 0.05) is 0 Å². The Hall–Kier alpha value is -1.88. The van der Waals surface area contributed by atoms with Crippen molar-refractivity contribution in [2.75, 3.05) is 11.0 Å². The Kier molecular flexibility index (Phi) is 3.45. The maximum atomic E-state index is 13.7. The Balaban J connectivity index is 1.92. The van der Waals surface area contributed by atoms with Crippen LogP contribution in [0.3, 0.4) is 0 Å². The normalized spacial score (nSPS) is 15.0. The lowest BCUT2D eigenvalue weighted by molar-refractivity contribution is 0.604. The van der Waals surface area contributed by atoms with Gasteiger partial charge in [0.25, 0.3) is 0 Å². The van der Waals surface area contributed by atoms with Crippen LogP contribution in [0.15, 0.2) is 42.5 Å². The molecule has 0 amide bonds. The van der Waals surface area contributed by atoms with E-state index in [1.165, 1.54) is 30.5 Å². The Morgan fingerprint density at radius 3 is 2.24 bits per heavy atom. The van der Waals surface area contributed by atoms with E-state index in [-0.39, 0.29) is 5.69 Å². The second-order valence-electron chi connectivity index (χ2n) is 5.47. The number of halogens is 1. The molecule has 0 atom stereocenters. The highest BCUT2D eigenvalue weighted by Gasteiger charge is 2.23. The summed E-state index contributed by atoms with van der Waals surface area (Å²) in [4.78, 5) is 0. The molecule has 0 unspecified atom stereocenters. The van der Waals surface area contributed by atoms with Gasteiger partial charge in [0.2, 0.25) is 10.0 Å². The minimum absolute atomic E-state index is 0.0266. The van der Waals surface area contributed by atoms with Gasteiger partial charge in [0.05, 0.1) is 11.9 Å². The maximum Gasteiger partial charge on any atom is 0.229 e. The number of rotatable bonds is 4. The zero-order valence-corrected chi connectivity index (χ0v) is 12.5. The SMILES string of the molecule is CS(=O)(=O)Nc1cc(-c2ccc(C3CC3)cc2)ccc1F. The Labute approximate surface area is 123 Å². The fraction of sp³-hybridized carbons (Fsp3) is 0.250. The molecule has 1 aliphatic rings. The van der Waals surface area contributed by atoms with Gasteiger partial charge in [-0.15, -0.1) is 0 Å². The van der Waals surface area contributed by atoms with Gasteiger partial charge < -0.3 is 0 Å². The number of hydrogen-bond acceptors (Lipinski definition) is 2. The highest BCUT2D eigenvalue weighted by Crippen LogP contribution is 2.40. The van der Waals surface area contributed by atoms with E-state index >= 15 is 0 Å². The second-order valence-corrected chi connectivity index (χ2v) is 7.21. The molecule has 21 heavy (non-hydrogen) atoms. The zero-order valence-electron chi connectivity index (χ0n) is 11.6. The van der Waals surface area contributed by atoms with Crippen LogP contribution in [0.1, 0.15) is 24.3 Å². The van der Waals surface area contributed by atoms with E-state index in [0.29, 0.717) is 5.92 Å². The van der Waals surface area contributed by atoms with Crippen molar-refractivity contribution >= 4 is 15.7 Å². The highest BCUT2D eigenvalue weighted by molar-refractivity contribution is 7.92. The standard InChI is InChI=1S/C16H16FNO2S/c1-21(19,20)18-16-10-14(8-9-15(16)17)13-6-4-12(5-7-13)11-2-3-11/h4-11,18H,2-3H2,1H3. The van der Waals surface area contributed by atoms with Gasteiger partial charge in [-0.1, -0.05) is 30.3 Å². The molecule has 5 heteroatoms. The van der Waals surface area contributed by atoms with Crippen LogP contribution in [0.25, 0.3) is 11.1 Å². The summed E-state index contributed by atoms with van der Waals surface area (Å²) in [5.74, 6) is 0.105. The van der Waals surface area contributed by atoms with Crippen LogP contribution in [0.5, 0.6) is 0 Å². The van der Waals surface area contributed by atoms with Crippen molar-refractivity contribution in [1.29, 1.82) is 0 Å². The molecular formula is C16H16FNO2S. The molecule has 3 nitrogen and oxygen atoms in total. The number of sulfonamides is 1. The minimum atomic E-state index is -3.50. The predicted octanol–water partition coefficient (Wildman–Crippen LogP) is 3.74. The number of benzene rings is 2. The average Bonchev–Trinajstić information content (AvgIpc) is 3.24. The van der Waals surface area contributed by atoms with E-state index in [1.54, 1.807) is 6.07 Å². The molecule has 2 aromatic carbocycles. The zero-order chi connectivity index (χ0) is 15.0. The van der Waals surface area contributed by atoms with Gasteiger partial charge in [-0.05, 0) is 47.6 Å². The van der Waals surface area contributed by atoms with Crippen LogP contribution in [0.2, 0.25) is 0 Å². The van der Waals surface area contributed by atoms with Crippen molar-refractivity contribution in [2.45, 2.75) is 18.8 Å². The lowest BCUT2D eigenvalue weighted by Crippen LogP contribution is -2.10. The number of hydrogen-bond donors (Lipinski definition) is 1. The van der Waals surface area contributed by atoms with E-state index in [9.17, 15) is 12.8 Å². The van der Waals surface area contributed by atoms with Crippen LogP contribution in [0, 0.1) is 5.82 Å². The van der Waals surface area contributed by atoms with Gasteiger partial charge >= 0.3 is 0 Å². The third kappa shape index (κ3) is 3.42. The lowest BCUT2D eigenvalue weighted by atomic mass is 10.0. The van der Waals surface area contributed by atoms with Crippen LogP contribution < -0.4 is 4.72 Å². The maximum absolute atomic E-state index is 13.7. The largest absolute Gasteiger partial charge is 0.281 e. The fourth-order valence-electron chi connectivity index (χ4n) is 2.35. The fourth-order valence-corrected chi connectivity index (χ4v) is 2.90. The molecule has 0 aliphatic heterocycles. The van der Waals surface area contributed by atoms with Crippen LogP contribution in [0.4, 0.5) is 10.1 Å². The van der Waals surface area contributed by atoms with E-state index in [4.69, 9.17) is 0 Å². The van der Waals surface area contributed by atoms with Gasteiger partial charge in [-0.2, -0.15) is 0 Å². The van der Waals surface area contributed by atoms with Crippen molar-refractivity contribution in [2.24, 2.45) is 0 Å². The van der Waals surface area contributed by atoms with Crippen LogP contribution >= 0.6 is 0 Å². The van der Waals surface area contributed by atoms with Crippen LogP contribution in [-0.2, 0) is 10.0 Å². The van der Waals surface area contributed by atoms with E-state index in [2.05, 4.69) is 16.9 Å². The third-order valence-corrected chi connectivity index (χ3v) is 4.15. The first-order valence-corrected chi connectivity index (χ1v) is 8.69. The Morgan fingerprint density at radius 2 is 1.67 bits per heavy atom.